The normalized spacial score (nSPS) is 20.7. The fourth-order valence-electron chi connectivity index (χ4n) is 2.35. The first-order valence-corrected chi connectivity index (χ1v) is 9.48. The molecule has 1 aromatic heterocycles. The van der Waals surface area contributed by atoms with Crippen LogP contribution in [0.25, 0.3) is 0 Å². The Labute approximate surface area is 149 Å². The van der Waals surface area contributed by atoms with Crippen LogP contribution < -0.4 is 11.2 Å². The smallest absolute Gasteiger partial charge is 0.354 e. The zero-order valence-electron chi connectivity index (χ0n) is 14.6. The van der Waals surface area contributed by atoms with Gasteiger partial charge in [-0.3, -0.25) is 18.9 Å². The molecule has 144 valence electrons. The fourth-order valence-corrected chi connectivity index (χ4v) is 3.64. The lowest BCUT2D eigenvalue weighted by Gasteiger charge is -2.19. The highest BCUT2D eigenvalue weighted by molar-refractivity contribution is 7.57. The third-order valence-electron chi connectivity index (χ3n) is 3.43. The zero-order chi connectivity index (χ0) is 19.3. The minimum Gasteiger partial charge on any atom is -0.506 e. The lowest BCUT2D eigenvalue weighted by atomic mass is 10.2. The number of H-pyrrole nitrogens is 1. The van der Waals surface area contributed by atoms with Gasteiger partial charge in [0.15, 0.2) is 17.6 Å². The first kappa shape index (κ1) is 20.2. The van der Waals surface area contributed by atoms with Crippen molar-refractivity contribution < 1.29 is 28.2 Å². The highest BCUT2D eigenvalue weighted by atomic mass is 31.2. The van der Waals surface area contributed by atoms with Gasteiger partial charge in [-0.2, -0.15) is 0 Å². The molecule has 2 heterocycles. The number of aromatic nitrogens is 2. The Hall–Kier alpha value is -2.13. The van der Waals surface area contributed by atoms with E-state index in [1.807, 2.05) is 0 Å². The summed E-state index contributed by atoms with van der Waals surface area (Å²) in [5, 5.41) is 10.3. The molecule has 0 fully saturated rings. The maximum Gasteiger partial charge on any atom is 0.354 e. The zero-order valence-corrected chi connectivity index (χ0v) is 15.5. The van der Waals surface area contributed by atoms with Gasteiger partial charge in [0, 0.05) is 25.2 Å². The van der Waals surface area contributed by atoms with E-state index in [2.05, 4.69) is 4.98 Å². The molecule has 0 aliphatic carbocycles. The van der Waals surface area contributed by atoms with Crippen LogP contribution in [0.4, 0.5) is 0 Å². The van der Waals surface area contributed by atoms with Crippen molar-refractivity contribution in [2.75, 3.05) is 20.3 Å². The standard InChI is InChI=1S/C15H21N2O8P/c1-4-23-26(21,24-5-2)9-7-10-12(19)13(22-3)14(25-10)17-8-6-11(18)16-15(17)20/h6-9,13-14,19H,4-5H2,1-3H3,(H,16,18,20)/b9-7+/t13?,14-/m1/s1. The van der Waals surface area contributed by atoms with E-state index in [0.29, 0.717) is 0 Å². The highest BCUT2D eigenvalue weighted by Gasteiger charge is 2.38. The summed E-state index contributed by atoms with van der Waals surface area (Å²) >= 11 is 0. The molecule has 0 bridgehead atoms. The number of aliphatic hydroxyl groups is 1. The van der Waals surface area contributed by atoms with Crippen LogP contribution in [0.15, 0.2) is 45.3 Å². The van der Waals surface area contributed by atoms with E-state index in [-0.39, 0.29) is 24.7 Å². The number of nitrogens with zero attached hydrogens (tertiary/aromatic N) is 1. The number of hydrogen-bond acceptors (Lipinski definition) is 8. The number of hydrogen-bond donors (Lipinski definition) is 2. The third kappa shape index (κ3) is 4.34. The Balaban J connectivity index is 2.32. The van der Waals surface area contributed by atoms with Gasteiger partial charge in [0.05, 0.1) is 13.2 Å². The van der Waals surface area contributed by atoms with Crippen LogP contribution in [-0.2, 0) is 23.1 Å². The molecule has 1 unspecified atom stereocenters. The van der Waals surface area contributed by atoms with E-state index in [9.17, 15) is 19.3 Å². The van der Waals surface area contributed by atoms with Gasteiger partial charge in [-0.1, -0.05) is 0 Å². The summed E-state index contributed by atoms with van der Waals surface area (Å²) in [6.45, 7) is 3.68. The molecule has 0 radical (unpaired) electrons. The first-order valence-electron chi connectivity index (χ1n) is 7.87. The predicted octanol–water partition coefficient (Wildman–Crippen LogP) is 1.63. The van der Waals surface area contributed by atoms with E-state index in [0.717, 1.165) is 16.5 Å². The molecule has 1 aliphatic heterocycles. The van der Waals surface area contributed by atoms with Crippen molar-refractivity contribution in [1.29, 1.82) is 0 Å². The maximum atomic E-state index is 12.5. The average Bonchev–Trinajstić information content (AvgIpc) is 2.89. The second-order valence-electron chi connectivity index (χ2n) is 5.12. The topological polar surface area (TPSA) is 129 Å². The van der Waals surface area contributed by atoms with E-state index < -0.39 is 31.2 Å². The summed E-state index contributed by atoms with van der Waals surface area (Å²) < 4.78 is 34.5. The molecule has 1 aromatic rings. The van der Waals surface area contributed by atoms with Crippen LogP contribution in [0, 0.1) is 0 Å². The molecule has 0 amide bonds. The Kier molecular flexibility index (Phi) is 6.60. The molecule has 0 aromatic carbocycles. The lowest BCUT2D eigenvalue weighted by Crippen LogP contribution is -2.36. The molecular formula is C15H21N2O8P. The maximum absolute atomic E-state index is 12.5. The van der Waals surface area contributed by atoms with Gasteiger partial charge in [0.1, 0.15) is 0 Å². The number of methoxy groups -OCH3 is 1. The van der Waals surface area contributed by atoms with Gasteiger partial charge in [0.2, 0.25) is 6.23 Å². The van der Waals surface area contributed by atoms with Crippen LogP contribution in [0.3, 0.4) is 0 Å². The molecule has 0 spiro atoms. The van der Waals surface area contributed by atoms with Crippen LogP contribution >= 0.6 is 7.60 Å². The van der Waals surface area contributed by atoms with Crippen LogP contribution in [0.1, 0.15) is 20.1 Å². The number of rotatable bonds is 8. The number of ether oxygens (including phenoxy) is 2. The molecule has 11 heteroatoms. The largest absolute Gasteiger partial charge is 0.506 e. The fraction of sp³-hybridized carbons (Fsp3) is 0.467. The molecule has 2 rings (SSSR count). The van der Waals surface area contributed by atoms with E-state index in [4.69, 9.17) is 18.5 Å². The molecule has 0 saturated heterocycles. The van der Waals surface area contributed by atoms with Gasteiger partial charge in [-0.25, -0.2) is 4.79 Å². The van der Waals surface area contributed by atoms with Crippen LogP contribution in [-0.4, -0.2) is 41.1 Å². The average molecular weight is 388 g/mol. The van der Waals surface area contributed by atoms with Crippen molar-refractivity contribution in [3.8, 4) is 0 Å². The van der Waals surface area contributed by atoms with E-state index >= 15 is 0 Å². The molecule has 2 N–H and O–H groups in total. The molecule has 26 heavy (non-hydrogen) atoms. The minimum atomic E-state index is -3.50. The summed E-state index contributed by atoms with van der Waals surface area (Å²) in [5.41, 5.74) is -1.29. The molecule has 2 atom stereocenters. The van der Waals surface area contributed by atoms with Crippen LogP contribution in [0.2, 0.25) is 0 Å². The summed E-state index contributed by atoms with van der Waals surface area (Å²) in [4.78, 5) is 25.3. The van der Waals surface area contributed by atoms with Crippen molar-refractivity contribution in [1.82, 2.24) is 9.55 Å². The summed E-state index contributed by atoms with van der Waals surface area (Å²) in [7, 11) is -2.17. The Morgan fingerprint density at radius 1 is 1.35 bits per heavy atom. The monoisotopic (exact) mass is 388 g/mol. The molecular weight excluding hydrogens is 367 g/mol. The summed E-state index contributed by atoms with van der Waals surface area (Å²) in [5.74, 6) is 0.807. The SMILES string of the molecule is CCOP(=O)(/C=C/C1=C(O)C(OC)[C@H](n2ccc(=O)[nH]c2=O)O1)OCC. The van der Waals surface area contributed by atoms with Gasteiger partial charge < -0.3 is 23.6 Å². The summed E-state index contributed by atoms with van der Waals surface area (Å²) in [6.07, 6.45) is 0.409. The predicted molar refractivity (Wildman–Crippen MR) is 91.9 cm³/mol. The van der Waals surface area contributed by atoms with Crippen molar-refractivity contribution in [2.24, 2.45) is 0 Å². The molecule has 0 saturated carbocycles. The van der Waals surface area contributed by atoms with Crippen molar-refractivity contribution in [3.05, 3.63) is 56.5 Å². The van der Waals surface area contributed by atoms with Gasteiger partial charge in [0.25, 0.3) is 5.56 Å². The quantitative estimate of drug-likeness (QED) is 0.643. The summed E-state index contributed by atoms with van der Waals surface area (Å²) in [6, 6.07) is 1.14. The second-order valence-corrected chi connectivity index (χ2v) is 7.02. The van der Waals surface area contributed by atoms with Gasteiger partial charge in [-0.05, 0) is 19.9 Å². The number of allylic oxidation sites excluding steroid dienone is 1. The third-order valence-corrected chi connectivity index (χ3v) is 5.18. The van der Waals surface area contributed by atoms with E-state index in [1.54, 1.807) is 13.8 Å². The van der Waals surface area contributed by atoms with Crippen molar-refractivity contribution in [2.45, 2.75) is 26.2 Å². The number of nitrogens with one attached hydrogen (secondary N) is 1. The van der Waals surface area contributed by atoms with Crippen molar-refractivity contribution >= 4 is 7.60 Å². The molecule has 1 aliphatic rings. The lowest BCUT2D eigenvalue weighted by molar-refractivity contribution is -0.0313. The van der Waals surface area contributed by atoms with Gasteiger partial charge >= 0.3 is 13.3 Å². The van der Waals surface area contributed by atoms with Gasteiger partial charge in [-0.15, -0.1) is 0 Å². The first-order chi connectivity index (χ1) is 12.3. The second kappa shape index (κ2) is 8.50. The van der Waals surface area contributed by atoms with Crippen molar-refractivity contribution in [3.63, 3.8) is 0 Å². The highest BCUT2D eigenvalue weighted by Crippen LogP contribution is 2.50. The Morgan fingerprint density at radius 2 is 2.00 bits per heavy atom. The van der Waals surface area contributed by atoms with E-state index in [1.165, 1.54) is 19.4 Å². The number of aromatic amines is 1. The van der Waals surface area contributed by atoms with Crippen LogP contribution in [0.5, 0.6) is 0 Å². The Bertz CT molecular complexity index is 846. The number of aliphatic hydroxyl groups excluding tert-OH is 1. The Morgan fingerprint density at radius 3 is 2.54 bits per heavy atom. The molecule has 10 nitrogen and oxygen atoms in total. The minimum absolute atomic E-state index is 0.0559.